The third kappa shape index (κ3) is 3.88. The second kappa shape index (κ2) is 7.33. The molecule has 1 spiro atoms. The summed E-state index contributed by atoms with van der Waals surface area (Å²) in [7, 11) is 0. The minimum Gasteiger partial charge on any atom is -0.481 e. The van der Waals surface area contributed by atoms with E-state index < -0.39 is 11.4 Å². The number of hydrogen-bond donors (Lipinski definition) is 3. The number of benzene rings is 1. The summed E-state index contributed by atoms with van der Waals surface area (Å²) in [4.78, 5) is 29.3. The van der Waals surface area contributed by atoms with Crippen LogP contribution in [0.3, 0.4) is 0 Å². The van der Waals surface area contributed by atoms with Crippen molar-refractivity contribution in [3.8, 4) is 0 Å². The molecule has 0 saturated carbocycles. The van der Waals surface area contributed by atoms with Gasteiger partial charge in [0.2, 0.25) is 5.91 Å². The summed E-state index contributed by atoms with van der Waals surface area (Å²) >= 11 is 6.22. The second-order valence-electron chi connectivity index (χ2n) is 9.22. The van der Waals surface area contributed by atoms with Crippen LogP contribution in [0.5, 0.6) is 0 Å². The molecule has 7 heteroatoms. The molecule has 4 rings (SSSR count). The summed E-state index contributed by atoms with van der Waals surface area (Å²) in [6.45, 7) is 5.94. The minimum absolute atomic E-state index is 0.000935. The van der Waals surface area contributed by atoms with Crippen molar-refractivity contribution in [2.75, 3.05) is 19.6 Å². The smallest absolute Gasteiger partial charge is 0.303 e. The molecule has 3 N–H and O–H groups in total. The number of amides is 1. The summed E-state index contributed by atoms with van der Waals surface area (Å²) in [6.07, 6.45) is 2.90. The quantitative estimate of drug-likeness (QED) is 0.708. The Bertz CT molecular complexity index is 958. The zero-order valence-electron chi connectivity index (χ0n) is 17.0. The lowest BCUT2D eigenvalue weighted by molar-refractivity contribution is -0.141. The van der Waals surface area contributed by atoms with Gasteiger partial charge in [0.1, 0.15) is 0 Å². The van der Waals surface area contributed by atoms with Crippen LogP contribution in [-0.2, 0) is 21.5 Å². The van der Waals surface area contributed by atoms with Gasteiger partial charge in [0, 0.05) is 47.7 Å². The van der Waals surface area contributed by atoms with Gasteiger partial charge in [0.15, 0.2) is 0 Å². The van der Waals surface area contributed by atoms with Gasteiger partial charge in [-0.05, 0) is 48.4 Å². The normalized spacial score (nSPS) is 18.8. The first kappa shape index (κ1) is 20.2. The summed E-state index contributed by atoms with van der Waals surface area (Å²) < 4.78 is 0. The lowest BCUT2D eigenvalue weighted by Crippen LogP contribution is -2.55. The van der Waals surface area contributed by atoms with Crippen LogP contribution in [0.15, 0.2) is 18.2 Å². The number of fused-ring (bicyclic) bond motifs is 4. The number of aromatic amines is 1. The molecule has 0 aliphatic carbocycles. The standard InChI is InChI=1S/C22H28ClN3O3/c1-21(2,13-19(28)29)12-18(27)26-9-6-22(7-10-26)20-15(5-8-24-22)16-11-14(23)3-4-17(16)25-20/h3-4,11,24-25H,5-10,12-13H2,1-2H3,(H,28,29). The average molecular weight is 418 g/mol. The van der Waals surface area contributed by atoms with Crippen LogP contribution >= 0.6 is 11.6 Å². The summed E-state index contributed by atoms with van der Waals surface area (Å²) in [6, 6.07) is 5.98. The number of likely N-dealkylation sites (tertiary alicyclic amines) is 1. The van der Waals surface area contributed by atoms with E-state index in [1.54, 1.807) is 0 Å². The Kier molecular flexibility index (Phi) is 5.11. The Morgan fingerprint density at radius 1 is 1.24 bits per heavy atom. The van der Waals surface area contributed by atoms with Crippen molar-refractivity contribution in [1.82, 2.24) is 15.2 Å². The van der Waals surface area contributed by atoms with Crippen LogP contribution in [0.2, 0.25) is 5.02 Å². The van der Waals surface area contributed by atoms with E-state index in [1.807, 2.05) is 36.9 Å². The van der Waals surface area contributed by atoms with Gasteiger partial charge in [-0.3, -0.25) is 9.59 Å². The number of rotatable bonds is 4. The average Bonchev–Trinajstić information content (AvgIpc) is 3.00. The number of carboxylic acids is 1. The van der Waals surface area contributed by atoms with Gasteiger partial charge in [0.05, 0.1) is 12.0 Å². The van der Waals surface area contributed by atoms with E-state index >= 15 is 0 Å². The fourth-order valence-electron chi connectivity index (χ4n) is 4.96. The minimum atomic E-state index is -0.863. The number of carbonyl (C=O) groups excluding carboxylic acids is 1. The zero-order chi connectivity index (χ0) is 20.8. The van der Waals surface area contributed by atoms with Crippen molar-refractivity contribution in [2.24, 2.45) is 5.41 Å². The largest absolute Gasteiger partial charge is 0.481 e. The predicted molar refractivity (Wildman–Crippen MR) is 113 cm³/mol. The Morgan fingerprint density at radius 3 is 2.66 bits per heavy atom. The lowest BCUT2D eigenvalue weighted by Gasteiger charge is -2.45. The highest BCUT2D eigenvalue weighted by atomic mass is 35.5. The third-order valence-corrected chi connectivity index (χ3v) is 6.65. The van der Waals surface area contributed by atoms with Gasteiger partial charge < -0.3 is 20.3 Å². The highest BCUT2D eigenvalue weighted by molar-refractivity contribution is 6.31. The highest BCUT2D eigenvalue weighted by Crippen LogP contribution is 2.41. The van der Waals surface area contributed by atoms with Gasteiger partial charge in [0.25, 0.3) is 0 Å². The van der Waals surface area contributed by atoms with Crippen molar-refractivity contribution in [2.45, 2.75) is 51.5 Å². The number of halogens is 1. The van der Waals surface area contributed by atoms with Gasteiger partial charge >= 0.3 is 5.97 Å². The molecular weight excluding hydrogens is 390 g/mol. The number of hydrogen-bond acceptors (Lipinski definition) is 3. The number of nitrogens with zero attached hydrogens (tertiary/aromatic N) is 1. The molecule has 1 amide bonds. The summed E-state index contributed by atoms with van der Waals surface area (Å²) in [5.74, 6) is -0.816. The molecule has 6 nitrogen and oxygen atoms in total. The van der Waals surface area contributed by atoms with Crippen molar-refractivity contribution in [1.29, 1.82) is 0 Å². The van der Waals surface area contributed by atoms with E-state index in [1.165, 1.54) is 16.6 Å². The van der Waals surface area contributed by atoms with Crippen LogP contribution in [0.1, 0.15) is 50.8 Å². The van der Waals surface area contributed by atoms with Gasteiger partial charge in [-0.25, -0.2) is 0 Å². The lowest BCUT2D eigenvalue weighted by atomic mass is 9.79. The van der Waals surface area contributed by atoms with Crippen LogP contribution in [0.4, 0.5) is 0 Å². The molecule has 0 unspecified atom stereocenters. The predicted octanol–water partition coefficient (Wildman–Crippen LogP) is 3.68. The second-order valence-corrected chi connectivity index (χ2v) is 9.66. The van der Waals surface area contributed by atoms with Crippen molar-refractivity contribution in [3.05, 3.63) is 34.5 Å². The Morgan fingerprint density at radius 2 is 1.97 bits per heavy atom. The third-order valence-electron chi connectivity index (χ3n) is 6.41. The van der Waals surface area contributed by atoms with E-state index in [9.17, 15) is 9.59 Å². The van der Waals surface area contributed by atoms with Crippen molar-refractivity contribution < 1.29 is 14.7 Å². The molecule has 0 bridgehead atoms. The van der Waals surface area contributed by atoms with Crippen molar-refractivity contribution in [3.63, 3.8) is 0 Å². The molecule has 29 heavy (non-hydrogen) atoms. The van der Waals surface area contributed by atoms with Crippen LogP contribution in [-0.4, -0.2) is 46.5 Å². The molecule has 2 aromatic rings. The first-order valence-electron chi connectivity index (χ1n) is 10.2. The Hall–Kier alpha value is -2.05. The fraction of sp³-hybridized carbons (Fsp3) is 0.545. The highest BCUT2D eigenvalue weighted by Gasteiger charge is 2.42. The number of aliphatic carboxylic acids is 1. The zero-order valence-corrected chi connectivity index (χ0v) is 17.7. The number of piperidine rings is 1. The van der Waals surface area contributed by atoms with Crippen LogP contribution in [0.25, 0.3) is 10.9 Å². The number of aromatic nitrogens is 1. The molecule has 156 valence electrons. The molecule has 1 aromatic heterocycles. The summed E-state index contributed by atoms with van der Waals surface area (Å²) in [5.41, 5.74) is 3.00. The maximum Gasteiger partial charge on any atom is 0.303 e. The molecule has 1 aromatic carbocycles. The number of carbonyl (C=O) groups is 2. The maximum atomic E-state index is 12.8. The molecule has 1 saturated heterocycles. The molecule has 2 aliphatic heterocycles. The molecule has 3 heterocycles. The first-order valence-corrected chi connectivity index (χ1v) is 10.6. The molecule has 2 aliphatic rings. The monoisotopic (exact) mass is 417 g/mol. The maximum absolute atomic E-state index is 12.8. The van der Waals surface area contributed by atoms with E-state index in [-0.39, 0.29) is 24.3 Å². The molecular formula is C22H28ClN3O3. The number of carboxylic acid groups (broad SMARTS) is 1. The molecule has 0 radical (unpaired) electrons. The van der Waals surface area contributed by atoms with Crippen LogP contribution < -0.4 is 5.32 Å². The molecule has 1 fully saturated rings. The van der Waals surface area contributed by atoms with Gasteiger partial charge in [-0.2, -0.15) is 0 Å². The van der Waals surface area contributed by atoms with E-state index in [4.69, 9.17) is 16.7 Å². The van der Waals surface area contributed by atoms with E-state index in [0.29, 0.717) is 13.1 Å². The van der Waals surface area contributed by atoms with Crippen LogP contribution in [0, 0.1) is 5.41 Å². The van der Waals surface area contributed by atoms with E-state index in [2.05, 4.69) is 10.3 Å². The summed E-state index contributed by atoms with van der Waals surface area (Å²) in [5, 5.41) is 14.7. The fourth-order valence-corrected chi connectivity index (χ4v) is 5.13. The number of nitrogens with one attached hydrogen (secondary N) is 2. The Balaban J connectivity index is 1.51. The Labute approximate surface area is 175 Å². The van der Waals surface area contributed by atoms with Gasteiger partial charge in [-0.15, -0.1) is 0 Å². The first-order chi connectivity index (χ1) is 13.7. The SMILES string of the molecule is CC(C)(CC(=O)O)CC(=O)N1CCC2(CC1)NCCc1c2[nH]c2ccc(Cl)cc12. The molecule has 0 atom stereocenters. The van der Waals surface area contributed by atoms with Crippen molar-refractivity contribution >= 4 is 34.4 Å². The number of H-pyrrole nitrogens is 1. The van der Waals surface area contributed by atoms with Gasteiger partial charge in [-0.1, -0.05) is 25.4 Å². The van der Waals surface area contributed by atoms with E-state index in [0.717, 1.165) is 36.3 Å². The topological polar surface area (TPSA) is 85.4 Å².